The molecule has 212 valence electrons. The Labute approximate surface area is 211 Å². The second-order valence-electron chi connectivity index (χ2n) is 8.27. The van der Waals surface area contributed by atoms with Gasteiger partial charge in [0.25, 0.3) is 0 Å². The summed E-state index contributed by atoms with van der Waals surface area (Å²) in [5.41, 5.74) is -1.56. The molecule has 5 atom stereocenters. The number of hydrogen-bond acceptors (Lipinski definition) is 9. The van der Waals surface area contributed by atoms with E-state index in [2.05, 4.69) is 9.68 Å². The molecule has 3 unspecified atom stereocenters. The molecule has 2 heterocycles. The number of hydrogen-bond donors (Lipinski definition) is 5. The minimum Gasteiger partial charge on any atom is -0.389 e. The first-order valence-electron chi connectivity index (χ1n) is 10.6. The number of aliphatic hydroxyl groups excluding tert-OH is 2. The fourth-order valence-electron chi connectivity index (χ4n) is 3.45. The van der Waals surface area contributed by atoms with Gasteiger partial charge in [-0.3, -0.25) is 18.3 Å². The van der Waals surface area contributed by atoms with Crippen LogP contribution in [0.1, 0.15) is 17.4 Å². The van der Waals surface area contributed by atoms with Crippen LogP contribution in [0.4, 0.5) is 13.2 Å². The van der Waals surface area contributed by atoms with Crippen molar-refractivity contribution in [3.05, 3.63) is 63.6 Å². The van der Waals surface area contributed by atoms with Crippen molar-refractivity contribution in [1.82, 2.24) is 9.13 Å². The van der Waals surface area contributed by atoms with Crippen LogP contribution in [0.5, 0.6) is 0 Å². The van der Waals surface area contributed by atoms with Crippen molar-refractivity contribution in [1.29, 1.82) is 0 Å². The maximum atomic E-state index is 12.8. The predicted molar refractivity (Wildman–Crippen MR) is 120 cm³/mol. The van der Waals surface area contributed by atoms with Crippen LogP contribution in [0, 0.1) is 0 Å². The van der Waals surface area contributed by atoms with Gasteiger partial charge >= 0.3 is 27.1 Å². The minimum absolute atomic E-state index is 0.0511. The van der Waals surface area contributed by atoms with Gasteiger partial charge in [0, 0.05) is 19.3 Å². The van der Waals surface area contributed by atoms with Crippen molar-refractivity contribution in [3.8, 4) is 0 Å². The van der Waals surface area contributed by atoms with Crippen molar-refractivity contribution >= 4 is 15.2 Å². The molecule has 1 aromatic heterocycles. The van der Waals surface area contributed by atoms with Crippen molar-refractivity contribution in [3.63, 3.8) is 0 Å². The molecule has 1 saturated heterocycles. The monoisotopic (exact) mass is 589 g/mol. The van der Waals surface area contributed by atoms with Gasteiger partial charge in [0.2, 0.25) is 0 Å². The Morgan fingerprint density at radius 2 is 1.82 bits per heavy atom. The Kier molecular flexibility index (Phi) is 9.08. The molecule has 0 amide bonds. The van der Waals surface area contributed by atoms with Crippen LogP contribution in [0.2, 0.25) is 0 Å². The third-order valence-corrected chi connectivity index (χ3v) is 8.75. The average Bonchev–Trinajstić information content (AvgIpc) is 3.07. The van der Waals surface area contributed by atoms with Crippen LogP contribution in [-0.2, 0) is 43.1 Å². The summed E-state index contributed by atoms with van der Waals surface area (Å²) < 4.78 is 73.1. The highest BCUT2D eigenvalue weighted by atomic mass is 31.2. The van der Waals surface area contributed by atoms with E-state index in [4.69, 9.17) is 19.4 Å². The van der Waals surface area contributed by atoms with Crippen LogP contribution in [0.25, 0.3) is 0 Å². The topological polar surface area (TPSA) is 202 Å². The van der Waals surface area contributed by atoms with Crippen LogP contribution < -0.4 is 11.2 Å². The molecular weight excluding hydrogens is 565 g/mol. The van der Waals surface area contributed by atoms with Gasteiger partial charge in [-0.2, -0.15) is 13.2 Å². The number of halogens is 3. The van der Waals surface area contributed by atoms with Crippen LogP contribution in [0.3, 0.4) is 0 Å². The summed E-state index contributed by atoms with van der Waals surface area (Å²) in [5.74, 6) is -1.47. The number of alkyl halides is 3. The molecule has 38 heavy (non-hydrogen) atoms. The number of aliphatic hydroxyl groups is 2. The van der Waals surface area contributed by atoms with E-state index in [1.807, 2.05) is 0 Å². The third-order valence-electron chi connectivity index (χ3n) is 5.29. The lowest BCUT2D eigenvalue weighted by molar-refractivity contribution is -0.137. The number of nitrogens with zero attached hydrogens (tertiary/aromatic N) is 3. The zero-order valence-corrected chi connectivity index (χ0v) is 21.2. The van der Waals surface area contributed by atoms with Crippen LogP contribution >= 0.6 is 15.2 Å². The standard InChI is InChI=1S/C19H24F3N3O11P2/c1-24-14(23-34-8-11-3-2-4-12(7-11)19(20,21)22)5-6-25(18(24)28)17-16(27)15(26)13(36-17)9-35-38(32,33)10-37(29,30)31/h2-7,13,15-17,26-27H,8-10H2,1H3,(H,32,33)(H2,29,30,31)/b23-14-/t13-,15?,16?,17-/m1/s1. The van der Waals surface area contributed by atoms with E-state index in [0.29, 0.717) is 0 Å². The zero-order valence-electron chi connectivity index (χ0n) is 19.5. The summed E-state index contributed by atoms with van der Waals surface area (Å²) in [6.45, 7) is -1.16. The van der Waals surface area contributed by atoms with Gasteiger partial charge in [0.05, 0.1) is 12.2 Å². The average molecular weight is 589 g/mol. The SMILES string of the molecule is Cn1c(=O)n([C@@H]2O[C@H](COP(=O)(O)CP(=O)(O)O)C(O)C2O)cc/c1=N/OCc1cccc(C(F)(F)F)c1. The van der Waals surface area contributed by atoms with Gasteiger partial charge in [-0.05, 0) is 17.7 Å². The fraction of sp³-hybridized carbons (Fsp3) is 0.474. The van der Waals surface area contributed by atoms with Gasteiger partial charge < -0.3 is 39.0 Å². The smallest absolute Gasteiger partial charge is 0.389 e. The highest BCUT2D eigenvalue weighted by Crippen LogP contribution is 2.55. The van der Waals surface area contributed by atoms with E-state index in [1.165, 1.54) is 25.2 Å². The molecule has 0 radical (unpaired) electrons. The lowest BCUT2D eigenvalue weighted by atomic mass is 10.1. The number of aromatic nitrogens is 2. The van der Waals surface area contributed by atoms with Crippen LogP contribution in [-0.4, -0.2) is 64.8 Å². The van der Waals surface area contributed by atoms with Gasteiger partial charge in [-0.15, -0.1) is 0 Å². The molecule has 3 rings (SSSR count). The molecular formula is C19H24F3N3O11P2. The summed E-state index contributed by atoms with van der Waals surface area (Å²) in [5, 5.41) is 24.3. The lowest BCUT2D eigenvalue weighted by Crippen LogP contribution is -2.42. The van der Waals surface area contributed by atoms with E-state index >= 15 is 0 Å². The fourth-order valence-corrected chi connectivity index (χ4v) is 6.02. The molecule has 14 nitrogen and oxygen atoms in total. The highest BCUT2D eigenvalue weighted by Gasteiger charge is 2.45. The predicted octanol–water partition coefficient (Wildman–Crippen LogP) is 0.195. The Balaban J connectivity index is 1.71. The molecule has 5 N–H and O–H groups in total. The van der Waals surface area contributed by atoms with Crippen molar-refractivity contribution in [2.24, 2.45) is 12.2 Å². The summed E-state index contributed by atoms with van der Waals surface area (Å²) in [4.78, 5) is 45.1. The second kappa shape index (κ2) is 11.4. The first kappa shape index (κ1) is 30.2. The van der Waals surface area contributed by atoms with Gasteiger partial charge in [0.15, 0.2) is 17.6 Å². The highest BCUT2D eigenvalue weighted by molar-refractivity contribution is 7.70. The van der Waals surface area contributed by atoms with Crippen molar-refractivity contribution < 1.29 is 61.3 Å². The Bertz CT molecular complexity index is 1370. The number of benzene rings is 1. The van der Waals surface area contributed by atoms with Gasteiger partial charge in [-0.1, -0.05) is 17.3 Å². The quantitative estimate of drug-likeness (QED) is 0.197. The number of ether oxygens (including phenoxy) is 1. The van der Waals surface area contributed by atoms with E-state index < -0.39 is 69.7 Å². The van der Waals surface area contributed by atoms with E-state index in [9.17, 15) is 42.2 Å². The largest absolute Gasteiger partial charge is 0.416 e. The molecule has 0 aliphatic carbocycles. The molecule has 1 aliphatic rings. The Morgan fingerprint density at radius 3 is 2.45 bits per heavy atom. The maximum absolute atomic E-state index is 12.8. The molecule has 0 spiro atoms. The zero-order chi connectivity index (χ0) is 28.5. The van der Waals surface area contributed by atoms with E-state index in [-0.39, 0.29) is 17.7 Å². The van der Waals surface area contributed by atoms with Gasteiger partial charge in [-0.25, -0.2) is 4.79 Å². The van der Waals surface area contributed by atoms with Gasteiger partial charge in [0.1, 0.15) is 24.9 Å². The molecule has 2 aromatic rings. The molecule has 1 aliphatic heterocycles. The second-order valence-corrected chi connectivity index (χ2v) is 12.3. The normalized spacial score (nSPS) is 24.4. The molecule has 0 bridgehead atoms. The number of rotatable bonds is 9. The van der Waals surface area contributed by atoms with Crippen LogP contribution in [0.15, 0.2) is 46.5 Å². The summed E-state index contributed by atoms with van der Waals surface area (Å²) in [6, 6.07) is 5.65. The Morgan fingerprint density at radius 1 is 1.13 bits per heavy atom. The first-order valence-corrected chi connectivity index (χ1v) is 14.2. The summed E-state index contributed by atoms with van der Waals surface area (Å²) in [7, 11) is -8.38. The molecule has 1 fully saturated rings. The van der Waals surface area contributed by atoms with E-state index in [0.717, 1.165) is 27.5 Å². The molecule has 0 saturated carbocycles. The summed E-state index contributed by atoms with van der Waals surface area (Å²) >= 11 is 0. The Hall–Kier alpha value is -2.33. The molecule has 19 heteroatoms. The van der Waals surface area contributed by atoms with Crippen molar-refractivity contribution in [2.75, 3.05) is 12.5 Å². The lowest BCUT2D eigenvalue weighted by Gasteiger charge is -2.19. The minimum atomic E-state index is -4.89. The summed E-state index contributed by atoms with van der Waals surface area (Å²) in [6.07, 6.45) is -9.74. The third kappa shape index (κ3) is 7.62. The van der Waals surface area contributed by atoms with E-state index in [1.54, 1.807) is 0 Å². The molecule has 1 aromatic carbocycles. The van der Waals surface area contributed by atoms with Crippen molar-refractivity contribution in [2.45, 2.75) is 37.3 Å². The maximum Gasteiger partial charge on any atom is 0.416 e. The first-order chi connectivity index (χ1) is 17.5.